The van der Waals surface area contributed by atoms with Crippen molar-refractivity contribution in [3.8, 4) is 0 Å². The van der Waals surface area contributed by atoms with E-state index in [0.29, 0.717) is 12.3 Å². The van der Waals surface area contributed by atoms with Gasteiger partial charge in [0.1, 0.15) is 0 Å². The van der Waals surface area contributed by atoms with Crippen LogP contribution < -0.4 is 5.32 Å². The van der Waals surface area contributed by atoms with Crippen molar-refractivity contribution >= 4 is 17.2 Å². The lowest BCUT2D eigenvalue weighted by Crippen LogP contribution is -2.20. The lowest BCUT2D eigenvalue weighted by Gasteiger charge is -2.04. The maximum Gasteiger partial charge on any atom is 0.231 e. The van der Waals surface area contributed by atoms with E-state index in [0.717, 1.165) is 16.3 Å². The van der Waals surface area contributed by atoms with Crippen molar-refractivity contribution in [1.82, 2.24) is 5.32 Å². The molecule has 1 rings (SSSR count). The number of hydrogen-bond donors (Lipinski definition) is 1. The highest BCUT2D eigenvalue weighted by Gasteiger charge is 2.12. The first-order valence-corrected chi connectivity index (χ1v) is 6.08. The van der Waals surface area contributed by atoms with Gasteiger partial charge in [0.2, 0.25) is 6.79 Å². The summed E-state index contributed by atoms with van der Waals surface area (Å²) in [6.07, 6.45) is 3.57. The molecule has 1 heterocycles. The molecule has 0 aromatic heterocycles. The third-order valence-electron chi connectivity index (χ3n) is 1.85. The van der Waals surface area contributed by atoms with Crippen molar-refractivity contribution in [3.05, 3.63) is 35.8 Å². The fourth-order valence-corrected chi connectivity index (χ4v) is 1.18. The molecule has 0 saturated heterocycles. The van der Waals surface area contributed by atoms with Gasteiger partial charge in [0.05, 0.1) is 4.99 Å². The van der Waals surface area contributed by atoms with Gasteiger partial charge >= 0.3 is 0 Å². The molecule has 1 aliphatic heterocycles. The summed E-state index contributed by atoms with van der Waals surface area (Å²) in [5, 5.41) is 3.07. The van der Waals surface area contributed by atoms with Gasteiger partial charge in [-0.2, -0.15) is 0 Å². The second kappa shape index (κ2) is 8.82. The van der Waals surface area contributed by atoms with E-state index in [-0.39, 0.29) is 6.79 Å². The van der Waals surface area contributed by atoms with Crippen molar-refractivity contribution in [1.29, 1.82) is 0 Å². The van der Waals surface area contributed by atoms with E-state index in [9.17, 15) is 0 Å². The fraction of sp³-hybridized carbons (Fsp3) is 0.462. The summed E-state index contributed by atoms with van der Waals surface area (Å²) in [4.78, 5) is 0.782. The molecule has 0 aromatic carbocycles. The van der Waals surface area contributed by atoms with Crippen LogP contribution in [0.15, 0.2) is 35.8 Å². The van der Waals surface area contributed by atoms with Gasteiger partial charge in [0.15, 0.2) is 11.5 Å². The summed E-state index contributed by atoms with van der Waals surface area (Å²) in [6, 6.07) is 0. The average Bonchev–Trinajstić information content (AvgIpc) is 2.76. The highest BCUT2D eigenvalue weighted by atomic mass is 32.1. The van der Waals surface area contributed by atoms with Crippen molar-refractivity contribution in [2.24, 2.45) is 0 Å². The number of nitrogens with one attached hydrogen (secondary N) is 1. The summed E-state index contributed by atoms with van der Waals surface area (Å²) < 4.78 is 10.5. The molecule has 0 aliphatic carbocycles. The van der Waals surface area contributed by atoms with E-state index < -0.39 is 0 Å². The summed E-state index contributed by atoms with van der Waals surface area (Å²) in [5.41, 5.74) is 1.12. The molecule has 0 atom stereocenters. The SMILES string of the molecule is C=CC1=C(/C=C(\C)CNC(C)=S)OCO1.CC. The van der Waals surface area contributed by atoms with Crippen LogP contribution in [0.25, 0.3) is 0 Å². The van der Waals surface area contributed by atoms with Crippen molar-refractivity contribution < 1.29 is 9.47 Å². The first kappa shape index (κ1) is 15.7. The minimum atomic E-state index is 0.264. The zero-order valence-electron chi connectivity index (χ0n) is 11.0. The molecular formula is C13H21NO2S. The van der Waals surface area contributed by atoms with Crippen molar-refractivity contribution in [2.75, 3.05) is 13.3 Å². The van der Waals surface area contributed by atoms with Crippen LogP contribution in [0.1, 0.15) is 27.7 Å². The third-order valence-corrected chi connectivity index (χ3v) is 2.00. The van der Waals surface area contributed by atoms with Crippen molar-refractivity contribution in [2.45, 2.75) is 27.7 Å². The van der Waals surface area contributed by atoms with Crippen LogP contribution in [0.4, 0.5) is 0 Å². The maximum atomic E-state index is 5.28. The lowest BCUT2D eigenvalue weighted by molar-refractivity contribution is 0.0777. The molecule has 3 nitrogen and oxygen atoms in total. The average molecular weight is 255 g/mol. The molecule has 0 saturated carbocycles. The van der Waals surface area contributed by atoms with Crippen LogP contribution in [0.3, 0.4) is 0 Å². The maximum absolute atomic E-state index is 5.28. The summed E-state index contributed by atoms with van der Waals surface area (Å²) in [6.45, 7) is 12.5. The van der Waals surface area contributed by atoms with Crippen LogP contribution >= 0.6 is 12.2 Å². The Balaban J connectivity index is 0.00000121. The first-order valence-electron chi connectivity index (χ1n) is 5.67. The smallest absolute Gasteiger partial charge is 0.231 e. The minimum Gasteiger partial charge on any atom is -0.454 e. The largest absolute Gasteiger partial charge is 0.454 e. The highest BCUT2D eigenvalue weighted by molar-refractivity contribution is 7.80. The summed E-state index contributed by atoms with van der Waals surface area (Å²) >= 11 is 4.92. The van der Waals surface area contributed by atoms with Gasteiger partial charge in [-0.25, -0.2) is 0 Å². The monoisotopic (exact) mass is 255 g/mol. The predicted octanol–water partition coefficient (Wildman–Crippen LogP) is 3.30. The zero-order chi connectivity index (χ0) is 13.3. The molecule has 96 valence electrons. The molecule has 4 heteroatoms. The molecule has 1 N–H and O–H groups in total. The van der Waals surface area contributed by atoms with Crippen molar-refractivity contribution in [3.63, 3.8) is 0 Å². The topological polar surface area (TPSA) is 30.5 Å². The Morgan fingerprint density at radius 3 is 2.47 bits per heavy atom. The molecule has 0 spiro atoms. The van der Waals surface area contributed by atoms with E-state index >= 15 is 0 Å². The van der Waals surface area contributed by atoms with Gasteiger partial charge in [0, 0.05) is 6.54 Å². The van der Waals surface area contributed by atoms with E-state index in [4.69, 9.17) is 21.7 Å². The lowest BCUT2D eigenvalue weighted by atomic mass is 10.2. The van der Waals surface area contributed by atoms with Gasteiger partial charge < -0.3 is 14.8 Å². The van der Waals surface area contributed by atoms with Crippen LogP contribution in [0.5, 0.6) is 0 Å². The minimum absolute atomic E-state index is 0.264. The van der Waals surface area contributed by atoms with E-state index in [1.807, 2.05) is 33.8 Å². The Hall–Kier alpha value is -1.29. The molecular weight excluding hydrogens is 234 g/mol. The van der Waals surface area contributed by atoms with Crippen LogP contribution in [0.2, 0.25) is 0 Å². The molecule has 0 bridgehead atoms. The molecule has 17 heavy (non-hydrogen) atoms. The number of allylic oxidation sites excluding steroid dienone is 2. The van der Waals surface area contributed by atoms with E-state index in [2.05, 4.69) is 11.9 Å². The fourth-order valence-electron chi connectivity index (χ4n) is 1.11. The van der Waals surface area contributed by atoms with Gasteiger partial charge in [-0.05, 0) is 26.0 Å². The number of ether oxygens (including phenoxy) is 2. The molecule has 0 fully saturated rings. The first-order chi connectivity index (χ1) is 8.13. The van der Waals surface area contributed by atoms with Gasteiger partial charge in [-0.1, -0.05) is 38.2 Å². The Morgan fingerprint density at radius 2 is 1.94 bits per heavy atom. The second-order valence-corrected chi connectivity index (χ2v) is 3.85. The van der Waals surface area contributed by atoms with Crippen LogP contribution in [-0.2, 0) is 9.47 Å². The van der Waals surface area contributed by atoms with Gasteiger partial charge in [-0.3, -0.25) is 0 Å². The quantitative estimate of drug-likeness (QED) is 0.781. The molecule has 0 radical (unpaired) electrons. The predicted molar refractivity (Wildman–Crippen MR) is 75.6 cm³/mol. The highest BCUT2D eigenvalue weighted by Crippen LogP contribution is 2.19. The van der Waals surface area contributed by atoms with Gasteiger partial charge in [0.25, 0.3) is 0 Å². The molecule has 0 aromatic rings. The van der Waals surface area contributed by atoms with Gasteiger partial charge in [-0.15, -0.1) is 0 Å². The molecule has 0 unspecified atom stereocenters. The molecule has 0 amide bonds. The van der Waals surface area contributed by atoms with Crippen LogP contribution in [-0.4, -0.2) is 18.3 Å². The summed E-state index contributed by atoms with van der Waals surface area (Å²) in [5.74, 6) is 1.42. The Bertz CT molecular complexity index is 332. The Morgan fingerprint density at radius 1 is 1.35 bits per heavy atom. The zero-order valence-corrected chi connectivity index (χ0v) is 11.8. The summed E-state index contributed by atoms with van der Waals surface area (Å²) in [7, 11) is 0. The second-order valence-electron chi connectivity index (χ2n) is 3.24. The number of thiocarbonyl (C=S) groups is 1. The Labute approximate surface area is 109 Å². The number of rotatable bonds is 4. The van der Waals surface area contributed by atoms with Crippen LogP contribution in [0, 0.1) is 0 Å². The molecule has 1 aliphatic rings. The Kier molecular flexibility index (Phi) is 8.15. The third kappa shape index (κ3) is 6.12. The normalized spacial score (nSPS) is 14.2. The van der Waals surface area contributed by atoms with E-state index in [1.54, 1.807) is 6.08 Å². The number of hydrogen-bond acceptors (Lipinski definition) is 3. The van der Waals surface area contributed by atoms with E-state index in [1.165, 1.54) is 0 Å². The standard InChI is InChI=1S/C11H15NO2S.C2H6/c1-4-10-11(14-7-13-10)5-8(2)6-12-9(3)15;1-2/h4-5H,1,6-7H2,2-3H3,(H,12,15);1-2H3/b8-5+;.